The fraction of sp³-hybridized carbons (Fsp3) is 0.273. The number of para-hydroxylation sites is 2. The number of aromatic nitrogens is 1. The normalized spacial score (nSPS) is 11.3. The van der Waals surface area contributed by atoms with Gasteiger partial charge in [-0.2, -0.15) is 0 Å². The standard InChI is InChI=1S/C22H25N3O3/c1-22(2,3)17-10-6-8-12-19(17)28-14-20(26)23-24-21(27)16-13-25(4)18-11-7-5-9-15(16)18/h5-13H,14H2,1-4H3,(H,23,26)(H,24,27). The van der Waals surface area contributed by atoms with Crippen LogP contribution in [0, 0.1) is 0 Å². The second kappa shape index (κ2) is 7.76. The summed E-state index contributed by atoms with van der Waals surface area (Å²) in [5, 5.41) is 0.826. The highest BCUT2D eigenvalue weighted by atomic mass is 16.5. The Labute approximate surface area is 164 Å². The summed E-state index contributed by atoms with van der Waals surface area (Å²) in [5.74, 6) is -0.150. The quantitative estimate of drug-likeness (QED) is 0.683. The van der Waals surface area contributed by atoms with Crippen molar-refractivity contribution >= 4 is 22.7 Å². The summed E-state index contributed by atoms with van der Waals surface area (Å²) in [6, 6.07) is 15.2. The molecule has 0 saturated heterocycles. The summed E-state index contributed by atoms with van der Waals surface area (Å²) in [7, 11) is 1.87. The number of fused-ring (bicyclic) bond motifs is 1. The van der Waals surface area contributed by atoms with Crippen LogP contribution in [0.4, 0.5) is 0 Å². The maximum Gasteiger partial charge on any atom is 0.276 e. The van der Waals surface area contributed by atoms with E-state index in [1.54, 1.807) is 6.20 Å². The van der Waals surface area contributed by atoms with Gasteiger partial charge in [0.25, 0.3) is 11.8 Å². The monoisotopic (exact) mass is 379 g/mol. The van der Waals surface area contributed by atoms with Crippen LogP contribution in [0.5, 0.6) is 5.75 Å². The highest BCUT2D eigenvalue weighted by Crippen LogP contribution is 2.30. The first-order chi connectivity index (χ1) is 13.3. The van der Waals surface area contributed by atoms with Crippen LogP contribution >= 0.6 is 0 Å². The molecule has 0 radical (unpaired) electrons. The van der Waals surface area contributed by atoms with Crippen LogP contribution in [-0.2, 0) is 17.3 Å². The molecule has 0 saturated carbocycles. The third-order valence-corrected chi connectivity index (χ3v) is 4.51. The lowest BCUT2D eigenvalue weighted by molar-refractivity contribution is -0.123. The Morgan fingerprint density at radius 3 is 2.43 bits per heavy atom. The van der Waals surface area contributed by atoms with E-state index in [2.05, 4.69) is 31.6 Å². The number of hydrogen-bond donors (Lipinski definition) is 2. The summed E-state index contributed by atoms with van der Waals surface area (Å²) in [4.78, 5) is 24.6. The minimum atomic E-state index is -0.433. The molecule has 0 bridgehead atoms. The molecule has 2 amide bonds. The SMILES string of the molecule is Cn1cc(C(=O)NNC(=O)COc2ccccc2C(C)(C)C)c2ccccc21. The molecule has 3 rings (SSSR count). The molecule has 0 atom stereocenters. The third-order valence-electron chi connectivity index (χ3n) is 4.51. The number of hydrogen-bond acceptors (Lipinski definition) is 3. The Morgan fingerprint density at radius 1 is 1.00 bits per heavy atom. The predicted molar refractivity (Wildman–Crippen MR) is 109 cm³/mol. The summed E-state index contributed by atoms with van der Waals surface area (Å²) in [6.07, 6.45) is 1.74. The molecule has 0 fully saturated rings. The number of aryl methyl sites for hydroxylation is 1. The van der Waals surface area contributed by atoms with Crippen LogP contribution in [0.15, 0.2) is 54.7 Å². The van der Waals surface area contributed by atoms with Crippen LogP contribution in [0.1, 0.15) is 36.7 Å². The van der Waals surface area contributed by atoms with Gasteiger partial charge in [-0.25, -0.2) is 0 Å². The summed E-state index contributed by atoms with van der Waals surface area (Å²) < 4.78 is 7.54. The first kappa shape index (κ1) is 19.5. The molecule has 3 aromatic rings. The van der Waals surface area contributed by atoms with Gasteiger partial charge in [-0.05, 0) is 23.1 Å². The van der Waals surface area contributed by atoms with Crippen molar-refractivity contribution in [3.05, 3.63) is 65.9 Å². The molecule has 0 unspecified atom stereocenters. The molecule has 6 nitrogen and oxygen atoms in total. The zero-order valence-electron chi connectivity index (χ0n) is 16.6. The average molecular weight is 379 g/mol. The van der Waals surface area contributed by atoms with Gasteiger partial charge in [0.2, 0.25) is 0 Å². The number of nitrogens with zero attached hydrogens (tertiary/aromatic N) is 1. The Hall–Kier alpha value is -3.28. The molecular formula is C22H25N3O3. The third kappa shape index (κ3) is 4.17. The highest BCUT2D eigenvalue weighted by molar-refractivity contribution is 6.07. The number of ether oxygens (including phenoxy) is 1. The van der Waals surface area contributed by atoms with Crippen molar-refractivity contribution in [2.24, 2.45) is 7.05 Å². The molecule has 28 heavy (non-hydrogen) atoms. The molecule has 6 heteroatoms. The average Bonchev–Trinajstić information content (AvgIpc) is 3.01. The molecular weight excluding hydrogens is 354 g/mol. The summed E-state index contributed by atoms with van der Waals surface area (Å²) in [6.45, 7) is 6.06. The summed E-state index contributed by atoms with van der Waals surface area (Å²) >= 11 is 0. The molecule has 2 N–H and O–H groups in total. The van der Waals surface area contributed by atoms with Gasteiger partial charge in [0, 0.05) is 24.1 Å². The lowest BCUT2D eigenvalue weighted by Gasteiger charge is -2.22. The van der Waals surface area contributed by atoms with Gasteiger partial charge in [0.15, 0.2) is 6.61 Å². The predicted octanol–water partition coefficient (Wildman–Crippen LogP) is 3.32. The van der Waals surface area contributed by atoms with E-state index in [4.69, 9.17) is 4.74 Å². The largest absolute Gasteiger partial charge is 0.483 e. The number of rotatable bonds is 4. The van der Waals surface area contributed by atoms with Gasteiger partial charge in [-0.3, -0.25) is 20.4 Å². The van der Waals surface area contributed by atoms with Gasteiger partial charge in [-0.1, -0.05) is 57.2 Å². The van der Waals surface area contributed by atoms with Crippen LogP contribution in [0.25, 0.3) is 10.9 Å². The van der Waals surface area contributed by atoms with Crippen molar-refractivity contribution < 1.29 is 14.3 Å². The topological polar surface area (TPSA) is 72.4 Å². The fourth-order valence-corrected chi connectivity index (χ4v) is 3.11. The molecule has 0 spiro atoms. The van der Waals surface area contributed by atoms with Crippen molar-refractivity contribution in [1.29, 1.82) is 0 Å². The molecule has 0 aliphatic heterocycles. The molecule has 1 heterocycles. The van der Waals surface area contributed by atoms with Crippen LogP contribution < -0.4 is 15.6 Å². The van der Waals surface area contributed by atoms with Gasteiger partial charge in [0.05, 0.1) is 5.56 Å². The first-order valence-corrected chi connectivity index (χ1v) is 9.13. The number of benzene rings is 2. The smallest absolute Gasteiger partial charge is 0.276 e. The van der Waals surface area contributed by atoms with E-state index in [-0.39, 0.29) is 17.9 Å². The fourth-order valence-electron chi connectivity index (χ4n) is 3.11. The Morgan fingerprint density at radius 2 is 1.68 bits per heavy atom. The lowest BCUT2D eigenvalue weighted by atomic mass is 9.86. The van der Waals surface area contributed by atoms with Gasteiger partial charge < -0.3 is 9.30 Å². The Kier molecular flexibility index (Phi) is 5.40. The van der Waals surface area contributed by atoms with E-state index in [9.17, 15) is 9.59 Å². The maximum atomic E-state index is 12.5. The van der Waals surface area contributed by atoms with E-state index in [0.29, 0.717) is 11.3 Å². The number of nitrogens with one attached hydrogen (secondary N) is 2. The van der Waals surface area contributed by atoms with Crippen molar-refractivity contribution in [3.63, 3.8) is 0 Å². The lowest BCUT2D eigenvalue weighted by Crippen LogP contribution is -2.43. The number of amides is 2. The van der Waals surface area contributed by atoms with Crippen molar-refractivity contribution in [2.45, 2.75) is 26.2 Å². The number of carbonyl (C=O) groups is 2. The molecule has 2 aromatic carbocycles. The van der Waals surface area contributed by atoms with E-state index in [1.807, 2.05) is 60.1 Å². The summed E-state index contributed by atoms with van der Waals surface area (Å²) in [5.41, 5.74) is 7.22. The van der Waals surface area contributed by atoms with Gasteiger partial charge in [-0.15, -0.1) is 0 Å². The van der Waals surface area contributed by atoms with Crippen molar-refractivity contribution in [3.8, 4) is 5.75 Å². The van der Waals surface area contributed by atoms with Crippen molar-refractivity contribution in [1.82, 2.24) is 15.4 Å². The minimum Gasteiger partial charge on any atom is -0.483 e. The van der Waals surface area contributed by atoms with E-state index >= 15 is 0 Å². The van der Waals surface area contributed by atoms with Crippen LogP contribution in [0.3, 0.4) is 0 Å². The van der Waals surface area contributed by atoms with Gasteiger partial charge >= 0.3 is 0 Å². The number of hydrazine groups is 1. The van der Waals surface area contributed by atoms with E-state index < -0.39 is 5.91 Å². The zero-order chi connectivity index (χ0) is 20.3. The molecule has 0 aliphatic carbocycles. The number of carbonyl (C=O) groups excluding carboxylic acids is 2. The molecule has 0 aliphatic rings. The molecule has 146 valence electrons. The Balaban J connectivity index is 1.60. The maximum absolute atomic E-state index is 12.5. The minimum absolute atomic E-state index is 0.102. The highest BCUT2D eigenvalue weighted by Gasteiger charge is 2.19. The zero-order valence-corrected chi connectivity index (χ0v) is 16.6. The van der Waals surface area contributed by atoms with E-state index in [0.717, 1.165) is 16.5 Å². The van der Waals surface area contributed by atoms with Crippen LogP contribution in [-0.4, -0.2) is 23.0 Å². The van der Waals surface area contributed by atoms with Gasteiger partial charge in [0.1, 0.15) is 5.75 Å². The first-order valence-electron chi connectivity index (χ1n) is 9.13. The Bertz CT molecular complexity index is 1020. The van der Waals surface area contributed by atoms with Crippen molar-refractivity contribution in [2.75, 3.05) is 6.61 Å². The second-order valence-electron chi connectivity index (χ2n) is 7.71. The van der Waals surface area contributed by atoms with Crippen LogP contribution in [0.2, 0.25) is 0 Å². The second-order valence-corrected chi connectivity index (χ2v) is 7.71. The molecule has 1 aromatic heterocycles. The van der Waals surface area contributed by atoms with E-state index in [1.165, 1.54) is 0 Å².